The number of methoxy groups -OCH3 is 1. The van der Waals surface area contributed by atoms with Gasteiger partial charge in [-0.25, -0.2) is 0 Å². The first-order valence-corrected chi connectivity index (χ1v) is 14.1. The molecule has 1 aliphatic rings. The Balaban J connectivity index is 2.11. The number of amides is 1. The zero-order valence-corrected chi connectivity index (χ0v) is 24.4. The van der Waals surface area contributed by atoms with Gasteiger partial charge in [-0.15, -0.1) is 0 Å². The molecule has 2 aromatic rings. The van der Waals surface area contributed by atoms with Gasteiger partial charge in [-0.05, 0) is 48.0 Å². The van der Waals surface area contributed by atoms with Crippen LogP contribution in [0.2, 0.25) is 0 Å². The minimum atomic E-state index is -2.17. The number of primary amides is 1. The molecule has 42 heavy (non-hydrogen) atoms. The Morgan fingerprint density at radius 1 is 1.12 bits per heavy atom. The number of phenolic OH excluding ortho intramolecular Hbond substituents is 1. The SMILES string of the molecule is CCN(CC)Cc1ccc(OC)c(-c2ccc(O)c3c2CC(O)(CC(O)(CCO)C(CO)C(=O)CC(N)=O)CC3=O)c1. The topological polar surface area (TPSA) is 191 Å². The summed E-state index contributed by atoms with van der Waals surface area (Å²) in [5.74, 6) is -3.66. The summed E-state index contributed by atoms with van der Waals surface area (Å²) in [5.41, 5.74) is 3.61. The lowest BCUT2D eigenvalue weighted by Gasteiger charge is -2.42. The highest BCUT2D eigenvalue weighted by Crippen LogP contribution is 2.45. The van der Waals surface area contributed by atoms with Crippen molar-refractivity contribution >= 4 is 17.5 Å². The molecular weight excluding hydrogens is 544 g/mol. The molecule has 1 amide bonds. The summed E-state index contributed by atoms with van der Waals surface area (Å²) < 4.78 is 5.63. The summed E-state index contributed by atoms with van der Waals surface area (Å²) in [6.45, 7) is 5.03. The fraction of sp³-hybridized carbons (Fsp3) is 0.516. The average Bonchev–Trinajstić information content (AvgIpc) is 2.91. The van der Waals surface area contributed by atoms with Crippen LogP contribution in [0, 0.1) is 5.92 Å². The van der Waals surface area contributed by atoms with Gasteiger partial charge in [0.05, 0.1) is 42.8 Å². The van der Waals surface area contributed by atoms with E-state index in [-0.39, 0.29) is 17.7 Å². The summed E-state index contributed by atoms with van der Waals surface area (Å²) in [6.07, 6.45) is -2.43. The van der Waals surface area contributed by atoms with E-state index in [2.05, 4.69) is 18.7 Å². The predicted octanol–water partition coefficient (Wildman–Crippen LogP) is 1.33. The lowest BCUT2D eigenvalue weighted by molar-refractivity contribution is -0.148. The molecule has 0 heterocycles. The van der Waals surface area contributed by atoms with Crippen LogP contribution in [0.5, 0.6) is 11.5 Å². The van der Waals surface area contributed by atoms with E-state index in [0.717, 1.165) is 18.7 Å². The summed E-state index contributed by atoms with van der Waals surface area (Å²) in [6, 6.07) is 8.76. The molecule has 0 fully saturated rings. The van der Waals surface area contributed by atoms with Gasteiger partial charge in [-0.2, -0.15) is 0 Å². The summed E-state index contributed by atoms with van der Waals surface area (Å²) in [4.78, 5) is 39.8. The van der Waals surface area contributed by atoms with Crippen LogP contribution < -0.4 is 10.5 Å². The number of rotatable bonds is 15. The summed E-state index contributed by atoms with van der Waals surface area (Å²) in [7, 11) is 1.52. The molecular formula is C31H42N2O9. The molecule has 230 valence electrons. The first-order chi connectivity index (χ1) is 19.8. The number of carbonyl (C=O) groups is 3. The van der Waals surface area contributed by atoms with E-state index in [1.807, 2.05) is 18.2 Å². The van der Waals surface area contributed by atoms with Crippen LogP contribution in [0.15, 0.2) is 30.3 Å². The number of nitrogens with two attached hydrogens (primary N) is 1. The van der Waals surface area contributed by atoms with E-state index in [1.54, 1.807) is 6.07 Å². The number of aromatic hydroxyl groups is 1. The number of benzene rings is 2. The van der Waals surface area contributed by atoms with Crippen molar-refractivity contribution in [2.45, 2.75) is 63.7 Å². The van der Waals surface area contributed by atoms with Gasteiger partial charge < -0.3 is 36.0 Å². The van der Waals surface area contributed by atoms with Crippen molar-refractivity contribution in [3.63, 3.8) is 0 Å². The highest BCUT2D eigenvalue weighted by Gasteiger charge is 2.49. The number of hydrogen-bond acceptors (Lipinski definition) is 10. The van der Waals surface area contributed by atoms with Crippen molar-refractivity contribution in [1.29, 1.82) is 0 Å². The first-order valence-electron chi connectivity index (χ1n) is 14.1. The normalized spacial score (nSPS) is 18.8. The fourth-order valence-electron chi connectivity index (χ4n) is 6.07. The number of Topliss-reactive ketones (excluding diaryl/α,β-unsaturated/α-hetero) is 2. The molecule has 3 rings (SSSR count). The van der Waals surface area contributed by atoms with Crippen molar-refractivity contribution in [1.82, 2.24) is 4.90 Å². The Hall–Kier alpha value is -3.35. The maximum Gasteiger partial charge on any atom is 0.224 e. The molecule has 0 saturated carbocycles. The summed E-state index contributed by atoms with van der Waals surface area (Å²) >= 11 is 0. The van der Waals surface area contributed by atoms with E-state index in [9.17, 15) is 39.9 Å². The molecule has 0 aromatic heterocycles. The zero-order valence-electron chi connectivity index (χ0n) is 24.4. The molecule has 2 aromatic carbocycles. The maximum atomic E-state index is 13.4. The van der Waals surface area contributed by atoms with Crippen LogP contribution in [0.3, 0.4) is 0 Å². The van der Waals surface area contributed by atoms with Gasteiger partial charge in [0.1, 0.15) is 17.3 Å². The first kappa shape index (κ1) is 33.2. The van der Waals surface area contributed by atoms with E-state index in [1.165, 1.54) is 13.2 Å². The number of hydrogen-bond donors (Lipinski definition) is 6. The van der Waals surface area contributed by atoms with Crippen LogP contribution >= 0.6 is 0 Å². The predicted molar refractivity (Wildman–Crippen MR) is 155 cm³/mol. The summed E-state index contributed by atoms with van der Waals surface area (Å²) in [5, 5.41) is 53.8. The van der Waals surface area contributed by atoms with E-state index in [4.69, 9.17) is 10.5 Å². The molecule has 11 heteroatoms. The van der Waals surface area contributed by atoms with Crippen molar-refractivity contribution in [3.05, 3.63) is 47.0 Å². The van der Waals surface area contributed by atoms with E-state index < -0.39 is 73.5 Å². The fourth-order valence-corrected chi connectivity index (χ4v) is 6.07. The Morgan fingerprint density at radius 2 is 1.81 bits per heavy atom. The van der Waals surface area contributed by atoms with Crippen molar-refractivity contribution in [2.24, 2.45) is 11.7 Å². The van der Waals surface area contributed by atoms with Crippen LogP contribution in [-0.4, -0.2) is 92.5 Å². The second-order valence-electron chi connectivity index (χ2n) is 11.1. The third-order valence-electron chi connectivity index (χ3n) is 8.17. The molecule has 11 nitrogen and oxygen atoms in total. The molecule has 0 radical (unpaired) electrons. The molecule has 3 atom stereocenters. The van der Waals surface area contributed by atoms with Crippen LogP contribution in [0.25, 0.3) is 11.1 Å². The smallest absolute Gasteiger partial charge is 0.224 e. The number of aliphatic hydroxyl groups is 4. The Bertz CT molecular complexity index is 1310. The van der Waals surface area contributed by atoms with Gasteiger partial charge in [-0.1, -0.05) is 26.0 Å². The number of aliphatic hydroxyl groups excluding tert-OH is 2. The Kier molecular flexibility index (Phi) is 10.9. The third kappa shape index (κ3) is 7.16. The van der Waals surface area contributed by atoms with Crippen molar-refractivity contribution < 1.29 is 44.7 Å². The lowest BCUT2D eigenvalue weighted by Crippen LogP contribution is -2.53. The molecule has 3 unspecified atom stereocenters. The molecule has 0 aliphatic heterocycles. The largest absolute Gasteiger partial charge is 0.507 e. The molecule has 0 spiro atoms. The van der Waals surface area contributed by atoms with Gasteiger partial charge >= 0.3 is 0 Å². The van der Waals surface area contributed by atoms with Crippen LogP contribution in [0.1, 0.15) is 61.0 Å². The van der Waals surface area contributed by atoms with Crippen molar-refractivity contribution in [3.8, 4) is 22.6 Å². The number of fused-ring (bicyclic) bond motifs is 1. The van der Waals surface area contributed by atoms with E-state index >= 15 is 0 Å². The second-order valence-corrected chi connectivity index (χ2v) is 11.1. The van der Waals surface area contributed by atoms with Crippen molar-refractivity contribution in [2.75, 3.05) is 33.4 Å². The number of carbonyl (C=O) groups excluding carboxylic acids is 3. The Labute approximate surface area is 245 Å². The highest BCUT2D eigenvalue weighted by molar-refractivity contribution is 6.04. The number of ketones is 2. The minimum Gasteiger partial charge on any atom is -0.507 e. The van der Waals surface area contributed by atoms with Crippen LogP contribution in [-0.2, 0) is 22.6 Å². The van der Waals surface area contributed by atoms with Gasteiger partial charge in [-0.3, -0.25) is 19.3 Å². The third-order valence-corrected chi connectivity index (χ3v) is 8.17. The number of ether oxygens (including phenoxy) is 1. The standard InChI is InChI=1S/C31H42N2O9/c1-4-33(5-2)16-19-6-9-27(42-3)21(12-19)20-7-8-24(36)29-22(20)14-30(40,15-26(29)38)18-31(41,10-11-34)23(17-35)25(37)13-28(32)39/h6-9,12,23,34-36,40-41H,4-5,10-11,13-18H2,1-3H3,(H2,32,39). The average molecular weight is 587 g/mol. The second kappa shape index (κ2) is 13.7. The molecule has 0 bridgehead atoms. The van der Waals surface area contributed by atoms with Crippen LogP contribution in [0.4, 0.5) is 0 Å². The maximum absolute atomic E-state index is 13.4. The quantitative estimate of drug-likeness (QED) is 0.166. The van der Waals surface area contributed by atoms with Gasteiger partial charge in [0.15, 0.2) is 5.78 Å². The lowest BCUT2D eigenvalue weighted by atomic mass is 9.68. The minimum absolute atomic E-state index is 0.0441. The Morgan fingerprint density at radius 3 is 2.38 bits per heavy atom. The van der Waals surface area contributed by atoms with E-state index in [0.29, 0.717) is 29.0 Å². The molecule has 1 aliphatic carbocycles. The monoisotopic (exact) mass is 586 g/mol. The van der Waals surface area contributed by atoms with Gasteiger partial charge in [0, 0.05) is 44.4 Å². The molecule has 7 N–H and O–H groups in total. The van der Waals surface area contributed by atoms with Gasteiger partial charge in [0.2, 0.25) is 5.91 Å². The van der Waals surface area contributed by atoms with Gasteiger partial charge in [0.25, 0.3) is 0 Å². The highest BCUT2D eigenvalue weighted by atomic mass is 16.5. The zero-order chi connectivity index (χ0) is 31.2. The number of nitrogens with zero attached hydrogens (tertiary/aromatic N) is 1. The number of phenols is 1. The molecule has 0 saturated heterocycles.